The number of anilines is 1. The van der Waals surface area contributed by atoms with Crippen LogP contribution in [0.5, 0.6) is 0 Å². The van der Waals surface area contributed by atoms with Gasteiger partial charge in [-0.3, -0.25) is 9.59 Å². The molecule has 0 radical (unpaired) electrons. The summed E-state index contributed by atoms with van der Waals surface area (Å²) in [5, 5.41) is 2.85. The smallest absolute Gasteiger partial charge is 0.243 e. The predicted molar refractivity (Wildman–Crippen MR) is 130 cm³/mol. The highest BCUT2D eigenvalue weighted by Gasteiger charge is 2.40. The molecule has 2 aromatic carbocycles. The van der Waals surface area contributed by atoms with E-state index in [1.165, 1.54) is 16.4 Å². The number of halogens is 1. The molecule has 1 saturated heterocycles. The standard InChI is InChI=1S/C26H30FN3O4S/c1-17-13-21-14-23(10-11-24(21)30(17)26(32)19-6-7-19)35(33,34)29-12-2-3-20(16-29)25(31)28-15-18-4-8-22(27)9-5-18/h4-5,8-11,14,17,19-20H,2-3,6-7,12-13,15-16H2,1H3,(H,28,31)/t17-,20-/m0/s1. The Morgan fingerprint density at radius 1 is 1.06 bits per heavy atom. The number of nitrogens with one attached hydrogen (secondary N) is 1. The van der Waals surface area contributed by atoms with E-state index < -0.39 is 15.9 Å². The van der Waals surface area contributed by atoms with Gasteiger partial charge in [-0.05, 0) is 80.5 Å². The molecule has 2 aliphatic heterocycles. The maximum atomic E-state index is 13.5. The van der Waals surface area contributed by atoms with Gasteiger partial charge in [0.15, 0.2) is 0 Å². The minimum atomic E-state index is -3.77. The summed E-state index contributed by atoms with van der Waals surface area (Å²) >= 11 is 0. The lowest BCUT2D eigenvalue weighted by molar-refractivity contribution is -0.126. The second-order valence-electron chi connectivity index (χ2n) is 9.87. The fourth-order valence-corrected chi connectivity index (χ4v) is 6.67. The average Bonchev–Trinajstić information content (AvgIpc) is 3.65. The van der Waals surface area contributed by atoms with Crippen molar-refractivity contribution in [3.8, 4) is 0 Å². The number of carbonyl (C=O) groups excluding carboxylic acids is 2. The van der Waals surface area contributed by atoms with Crippen LogP contribution in [0.4, 0.5) is 10.1 Å². The minimum absolute atomic E-state index is 0.0141. The summed E-state index contributed by atoms with van der Waals surface area (Å²) in [7, 11) is -3.77. The van der Waals surface area contributed by atoms with Gasteiger partial charge in [-0.25, -0.2) is 12.8 Å². The van der Waals surface area contributed by atoms with E-state index in [9.17, 15) is 22.4 Å². The number of nitrogens with zero attached hydrogens (tertiary/aromatic N) is 2. The first-order chi connectivity index (χ1) is 16.7. The molecule has 0 bridgehead atoms. The highest BCUT2D eigenvalue weighted by molar-refractivity contribution is 7.89. The third-order valence-corrected chi connectivity index (χ3v) is 9.06. The summed E-state index contributed by atoms with van der Waals surface area (Å²) < 4.78 is 41.4. The molecular weight excluding hydrogens is 469 g/mol. The summed E-state index contributed by atoms with van der Waals surface area (Å²) in [6.45, 7) is 2.75. The fraction of sp³-hybridized carbons (Fsp3) is 0.462. The highest BCUT2D eigenvalue weighted by Crippen LogP contribution is 2.40. The number of fused-ring (bicyclic) bond motifs is 1. The van der Waals surface area contributed by atoms with Crippen molar-refractivity contribution in [2.75, 3.05) is 18.0 Å². The van der Waals surface area contributed by atoms with Crippen molar-refractivity contribution in [1.82, 2.24) is 9.62 Å². The average molecular weight is 500 g/mol. The molecule has 186 valence electrons. The molecule has 2 atom stereocenters. The minimum Gasteiger partial charge on any atom is -0.352 e. The molecule has 2 heterocycles. The lowest BCUT2D eigenvalue weighted by atomic mass is 9.99. The molecule has 35 heavy (non-hydrogen) atoms. The molecule has 1 aliphatic carbocycles. The van der Waals surface area contributed by atoms with Crippen LogP contribution in [-0.4, -0.2) is 43.7 Å². The Balaban J connectivity index is 1.27. The van der Waals surface area contributed by atoms with Gasteiger partial charge in [-0.1, -0.05) is 12.1 Å². The van der Waals surface area contributed by atoms with Crippen LogP contribution in [0.25, 0.3) is 0 Å². The van der Waals surface area contributed by atoms with Gasteiger partial charge in [0.25, 0.3) is 0 Å². The molecule has 0 spiro atoms. The predicted octanol–water partition coefficient (Wildman–Crippen LogP) is 3.23. The zero-order valence-corrected chi connectivity index (χ0v) is 20.6. The van der Waals surface area contributed by atoms with Crippen LogP contribution in [-0.2, 0) is 32.6 Å². The van der Waals surface area contributed by atoms with Crippen LogP contribution in [0.15, 0.2) is 47.4 Å². The van der Waals surface area contributed by atoms with Crippen LogP contribution in [0.1, 0.15) is 43.7 Å². The van der Waals surface area contributed by atoms with Gasteiger partial charge in [0.05, 0.1) is 10.8 Å². The van der Waals surface area contributed by atoms with Crippen LogP contribution >= 0.6 is 0 Å². The molecule has 1 saturated carbocycles. The third-order valence-electron chi connectivity index (χ3n) is 7.20. The molecule has 1 N–H and O–H groups in total. The molecule has 2 amide bonds. The SMILES string of the molecule is C[C@H]1Cc2cc(S(=O)(=O)N3CCC[C@H](C(=O)NCc4ccc(F)cc4)C3)ccc2N1C(=O)C1CC1. The van der Waals surface area contributed by atoms with Gasteiger partial charge in [0, 0.05) is 37.3 Å². The molecule has 2 aromatic rings. The molecule has 3 aliphatic rings. The molecular formula is C26H30FN3O4S. The topological polar surface area (TPSA) is 86.8 Å². The Hall–Kier alpha value is -2.78. The van der Waals surface area contributed by atoms with E-state index in [1.54, 1.807) is 30.3 Å². The van der Waals surface area contributed by atoms with Crippen molar-refractivity contribution in [3.63, 3.8) is 0 Å². The number of rotatable bonds is 6. The zero-order chi connectivity index (χ0) is 24.7. The van der Waals surface area contributed by atoms with E-state index in [1.807, 2.05) is 11.8 Å². The first kappa shape index (κ1) is 23.9. The van der Waals surface area contributed by atoms with Crippen molar-refractivity contribution in [3.05, 3.63) is 59.4 Å². The van der Waals surface area contributed by atoms with Crippen molar-refractivity contribution in [2.45, 2.75) is 56.5 Å². The number of hydrogen-bond acceptors (Lipinski definition) is 4. The molecule has 9 heteroatoms. The van der Waals surface area contributed by atoms with E-state index in [2.05, 4.69) is 5.32 Å². The van der Waals surface area contributed by atoms with E-state index in [4.69, 9.17) is 0 Å². The van der Waals surface area contributed by atoms with Gasteiger partial charge in [0.1, 0.15) is 5.82 Å². The van der Waals surface area contributed by atoms with E-state index >= 15 is 0 Å². The third kappa shape index (κ3) is 4.84. The Morgan fingerprint density at radius 2 is 1.80 bits per heavy atom. The highest BCUT2D eigenvalue weighted by atomic mass is 32.2. The van der Waals surface area contributed by atoms with Crippen LogP contribution in [0.3, 0.4) is 0 Å². The van der Waals surface area contributed by atoms with Gasteiger partial charge in [-0.2, -0.15) is 4.31 Å². The summed E-state index contributed by atoms with van der Waals surface area (Å²) in [5.74, 6) is -0.744. The summed E-state index contributed by atoms with van der Waals surface area (Å²) in [4.78, 5) is 27.5. The number of carbonyl (C=O) groups is 2. The normalized spacial score (nSPS) is 22.6. The Kier molecular flexibility index (Phi) is 6.40. The maximum absolute atomic E-state index is 13.5. The molecule has 0 aromatic heterocycles. The van der Waals surface area contributed by atoms with Crippen molar-refractivity contribution in [1.29, 1.82) is 0 Å². The Bertz CT molecular complexity index is 1240. The van der Waals surface area contributed by atoms with E-state index in [0.717, 1.165) is 29.7 Å². The number of benzene rings is 2. The number of amides is 2. The first-order valence-corrected chi connectivity index (χ1v) is 13.7. The fourth-order valence-electron chi connectivity index (χ4n) is 5.09. The lowest BCUT2D eigenvalue weighted by Gasteiger charge is -2.31. The van der Waals surface area contributed by atoms with Gasteiger partial charge >= 0.3 is 0 Å². The van der Waals surface area contributed by atoms with Crippen molar-refractivity contribution < 1.29 is 22.4 Å². The van der Waals surface area contributed by atoms with Crippen LogP contribution in [0.2, 0.25) is 0 Å². The molecule has 2 fully saturated rings. The zero-order valence-electron chi connectivity index (χ0n) is 19.7. The quantitative estimate of drug-likeness (QED) is 0.661. The van der Waals surface area contributed by atoms with Crippen LogP contribution < -0.4 is 10.2 Å². The number of piperidine rings is 1. The molecule has 5 rings (SSSR count). The second-order valence-corrected chi connectivity index (χ2v) is 11.8. The molecule has 7 nitrogen and oxygen atoms in total. The number of sulfonamides is 1. The molecule has 0 unspecified atom stereocenters. The second kappa shape index (κ2) is 9.35. The number of hydrogen-bond donors (Lipinski definition) is 1. The Labute approximate surface area is 205 Å². The van der Waals surface area contributed by atoms with Gasteiger partial charge in [-0.15, -0.1) is 0 Å². The van der Waals surface area contributed by atoms with E-state index in [0.29, 0.717) is 25.8 Å². The maximum Gasteiger partial charge on any atom is 0.243 e. The van der Waals surface area contributed by atoms with Crippen molar-refractivity contribution >= 4 is 27.5 Å². The first-order valence-electron chi connectivity index (χ1n) is 12.2. The lowest BCUT2D eigenvalue weighted by Crippen LogP contribution is -2.45. The Morgan fingerprint density at radius 3 is 2.51 bits per heavy atom. The summed E-state index contributed by atoms with van der Waals surface area (Å²) in [6, 6.07) is 11.0. The summed E-state index contributed by atoms with van der Waals surface area (Å²) in [6.07, 6.45) is 3.70. The van der Waals surface area contributed by atoms with Crippen LogP contribution in [0, 0.1) is 17.7 Å². The van der Waals surface area contributed by atoms with E-state index in [-0.39, 0.29) is 47.6 Å². The largest absolute Gasteiger partial charge is 0.352 e. The van der Waals surface area contributed by atoms with Gasteiger partial charge in [0.2, 0.25) is 21.8 Å². The van der Waals surface area contributed by atoms with Crippen molar-refractivity contribution in [2.24, 2.45) is 11.8 Å². The monoisotopic (exact) mass is 499 g/mol. The van der Waals surface area contributed by atoms with Gasteiger partial charge < -0.3 is 10.2 Å². The summed E-state index contributed by atoms with van der Waals surface area (Å²) in [5.41, 5.74) is 2.46.